The maximum Gasteiger partial charge on any atom is 0.257 e. The van der Waals surface area contributed by atoms with Crippen LogP contribution in [0.4, 0.5) is 14.5 Å². The van der Waals surface area contributed by atoms with Gasteiger partial charge in [-0.2, -0.15) is 0 Å². The monoisotopic (exact) mass is 388 g/mol. The van der Waals surface area contributed by atoms with E-state index in [0.717, 1.165) is 18.2 Å². The molecule has 0 radical (unpaired) electrons. The number of nitrogens with one attached hydrogen (secondary N) is 2. The van der Waals surface area contributed by atoms with E-state index < -0.39 is 27.6 Å². The molecule has 25 heavy (non-hydrogen) atoms. The molecule has 0 aliphatic heterocycles. The lowest BCUT2D eigenvalue weighted by atomic mass is 10.2. The molecule has 5 nitrogen and oxygen atoms in total. The minimum Gasteiger partial charge on any atom is -0.322 e. The Morgan fingerprint density at radius 1 is 1.08 bits per heavy atom. The van der Waals surface area contributed by atoms with Crippen LogP contribution in [0.2, 0.25) is 5.02 Å². The van der Waals surface area contributed by atoms with E-state index in [1.807, 2.05) is 0 Å². The van der Waals surface area contributed by atoms with Crippen molar-refractivity contribution in [1.29, 1.82) is 0 Å². The highest BCUT2D eigenvalue weighted by Gasteiger charge is 2.20. The molecule has 134 valence electrons. The van der Waals surface area contributed by atoms with Crippen LogP contribution in [0.3, 0.4) is 0 Å². The molecule has 0 bridgehead atoms. The lowest BCUT2D eigenvalue weighted by Crippen LogP contribution is -2.30. The van der Waals surface area contributed by atoms with Crippen LogP contribution in [0.25, 0.3) is 0 Å². The van der Waals surface area contributed by atoms with Crippen molar-refractivity contribution in [3.05, 3.63) is 58.6 Å². The summed E-state index contributed by atoms with van der Waals surface area (Å²) < 4.78 is 52.9. The van der Waals surface area contributed by atoms with E-state index in [1.54, 1.807) is 13.8 Å². The summed E-state index contributed by atoms with van der Waals surface area (Å²) in [6.45, 7) is 3.31. The average Bonchev–Trinajstić information content (AvgIpc) is 2.49. The quantitative estimate of drug-likeness (QED) is 0.822. The molecule has 2 rings (SSSR count). The summed E-state index contributed by atoms with van der Waals surface area (Å²) >= 11 is 5.96. The third-order valence-corrected chi connectivity index (χ3v) is 5.05. The van der Waals surface area contributed by atoms with Crippen molar-refractivity contribution in [2.24, 2.45) is 0 Å². The van der Waals surface area contributed by atoms with Crippen molar-refractivity contribution >= 4 is 33.2 Å². The lowest BCUT2D eigenvalue weighted by Gasteiger charge is -2.12. The second kappa shape index (κ2) is 7.47. The molecule has 2 aromatic carbocycles. The van der Waals surface area contributed by atoms with Gasteiger partial charge in [-0.15, -0.1) is 0 Å². The summed E-state index contributed by atoms with van der Waals surface area (Å²) in [5.41, 5.74) is -0.105. The van der Waals surface area contributed by atoms with Gasteiger partial charge in [0.1, 0.15) is 0 Å². The van der Waals surface area contributed by atoms with E-state index in [9.17, 15) is 22.0 Å². The SMILES string of the molecule is CC(C)NS(=O)(=O)c1ccc(Cl)c(C(=O)Nc2ccc(F)c(F)c2)c1. The smallest absolute Gasteiger partial charge is 0.257 e. The molecule has 0 unspecified atom stereocenters. The highest BCUT2D eigenvalue weighted by molar-refractivity contribution is 7.89. The van der Waals surface area contributed by atoms with Crippen molar-refractivity contribution in [2.45, 2.75) is 24.8 Å². The van der Waals surface area contributed by atoms with Crippen molar-refractivity contribution < 1.29 is 22.0 Å². The second-order valence-corrected chi connectivity index (χ2v) is 7.62. The van der Waals surface area contributed by atoms with Crippen LogP contribution in [0.15, 0.2) is 41.3 Å². The number of benzene rings is 2. The van der Waals surface area contributed by atoms with E-state index in [2.05, 4.69) is 10.0 Å². The highest BCUT2D eigenvalue weighted by Crippen LogP contribution is 2.22. The number of rotatable bonds is 5. The number of sulfonamides is 1. The zero-order valence-corrected chi connectivity index (χ0v) is 14.9. The van der Waals surface area contributed by atoms with Gasteiger partial charge in [-0.1, -0.05) is 11.6 Å². The molecule has 0 aliphatic carbocycles. The number of carbonyl (C=O) groups excluding carboxylic acids is 1. The Kier molecular flexibility index (Phi) is 5.76. The molecule has 0 aliphatic rings. The summed E-state index contributed by atoms with van der Waals surface area (Å²) in [6.07, 6.45) is 0. The Morgan fingerprint density at radius 2 is 1.76 bits per heavy atom. The van der Waals surface area contributed by atoms with Crippen LogP contribution in [-0.4, -0.2) is 20.4 Å². The first kappa shape index (κ1) is 19.3. The van der Waals surface area contributed by atoms with Crippen LogP contribution in [0.5, 0.6) is 0 Å². The van der Waals surface area contributed by atoms with Gasteiger partial charge < -0.3 is 5.32 Å². The number of amides is 1. The number of hydrogen-bond acceptors (Lipinski definition) is 3. The Balaban J connectivity index is 2.33. The van der Waals surface area contributed by atoms with Gasteiger partial charge >= 0.3 is 0 Å². The molecule has 2 aromatic rings. The second-order valence-electron chi connectivity index (χ2n) is 5.50. The zero-order chi connectivity index (χ0) is 18.8. The minimum absolute atomic E-state index is 0.00790. The molecule has 2 N–H and O–H groups in total. The van der Waals surface area contributed by atoms with E-state index in [0.29, 0.717) is 0 Å². The number of halogens is 3. The predicted molar refractivity (Wildman–Crippen MR) is 91.2 cm³/mol. The summed E-state index contributed by atoms with van der Waals surface area (Å²) in [7, 11) is -3.82. The van der Waals surface area contributed by atoms with Crippen molar-refractivity contribution in [3.8, 4) is 0 Å². The van der Waals surface area contributed by atoms with E-state index in [4.69, 9.17) is 11.6 Å². The van der Waals surface area contributed by atoms with Gasteiger partial charge in [0, 0.05) is 17.8 Å². The maximum absolute atomic E-state index is 13.2. The summed E-state index contributed by atoms with van der Waals surface area (Å²) in [6, 6.07) is 6.16. The molecule has 9 heteroatoms. The third kappa shape index (κ3) is 4.75. The number of carbonyl (C=O) groups is 1. The Bertz CT molecular complexity index is 918. The molecule has 0 atom stereocenters. The fraction of sp³-hybridized carbons (Fsp3) is 0.188. The first-order chi connectivity index (χ1) is 11.6. The summed E-state index contributed by atoms with van der Waals surface area (Å²) in [4.78, 5) is 12.2. The summed E-state index contributed by atoms with van der Waals surface area (Å²) in [5.74, 6) is -2.93. The molecule has 0 aromatic heterocycles. The standard InChI is InChI=1S/C16H15ClF2N2O3S/c1-9(2)21-25(23,24)11-4-5-13(17)12(8-11)16(22)20-10-3-6-14(18)15(19)7-10/h3-9,21H,1-2H3,(H,20,22). The van der Waals surface area contributed by atoms with Crippen LogP contribution < -0.4 is 10.0 Å². The minimum atomic E-state index is -3.82. The molecular weight excluding hydrogens is 374 g/mol. The van der Waals surface area contributed by atoms with E-state index >= 15 is 0 Å². The maximum atomic E-state index is 13.2. The van der Waals surface area contributed by atoms with Gasteiger partial charge in [0.15, 0.2) is 11.6 Å². The van der Waals surface area contributed by atoms with Crippen molar-refractivity contribution in [2.75, 3.05) is 5.32 Å². The topological polar surface area (TPSA) is 75.3 Å². The number of anilines is 1. The predicted octanol–water partition coefficient (Wildman–Crippen LogP) is 3.56. The Labute approximate surface area is 149 Å². The normalized spacial score (nSPS) is 11.6. The van der Waals surface area contributed by atoms with Crippen molar-refractivity contribution in [1.82, 2.24) is 4.72 Å². The molecule has 0 saturated carbocycles. The first-order valence-electron chi connectivity index (χ1n) is 7.18. The third-order valence-electron chi connectivity index (χ3n) is 3.06. The fourth-order valence-corrected chi connectivity index (χ4v) is 3.48. The molecule has 0 spiro atoms. The highest BCUT2D eigenvalue weighted by atomic mass is 35.5. The fourth-order valence-electron chi connectivity index (χ4n) is 2.00. The molecule has 0 fully saturated rings. The lowest BCUT2D eigenvalue weighted by molar-refractivity contribution is 0.102. The number of hydrogen-bond donors (Lipinski definition) is 2. The summed E-state index contributed by atoms with van der Waals surface area (Å²) in [5, 5.41) is 2.36. The molecule has 0 heterocycles. The van der Waals surface area contributed by atoms with E-state index in [-0.39, 0.29) is 27.2 Å². The van der Waals surface area contributed by atoms with Gasteiger partial charge in [0.25, 0.3) is 5.91 Å². The van der Waals surface area contributed by atoms with Gasteiger partial charge in [-0.05, 0) is 44.2 Å². The Hall–Kier alpha value is -2.03. The van der Waals surface area contributed by atoms with Crippen molar-refractivity contribution in [3.63, 3.8) is 0 Å². The molecule has 1 amide bonds. The first-order valence-corrected chi connectivity index (χ1v) is 9.04. The van der Waals surface area contributed by atoms with E-state index in [1.165, 1.54) is 18.2 Å². The average molecular weight is 389 g/mol. The van der Waals surface area contributed by atoms with Crippen LogP contribution >= 0.6 is 11.6 Å². The van der Waals surface area contributed by atoms with Gasteiger partial charge in [-0.25, -0.2) is 21.9 Å². The molecular formula is C16H15ClF2N2O3S. The van der Waals surface area contributed by atoms with Gasteiger partial charge in [0.05, 0.1) is 15.5 Å². The zero-order valence-electron chi connectivity index (χ0n) is 13.3. The van der Waals surface area contributed by atoms with Gasteiger partial charge in [-0.3, -0.25) is 4.79 Å². The molecule has 0 saturated heterocycles. The van der Waals surface area contributed by atoms with Crippen LogP contribution in [0, 0.1) is 11.6 Å². The van der Waals surface area contributed by atoms with Crippen LogP contribution in [0.1, 0.15) is 24.2 Å². The largest absolute Gasteiger partial charge is 0.322 e. The Morgan fingerprint density at radius 3 is 2.36 bits per heavy atom. The van der Waals surface area contributed by atoms with Gasteiger partial charge in [0.2, 0.25) is 10.0 Å². The van der Waals surface area contributed by atoms with Crippen LogP contribution in [-0.2, 0) is 10.0 Å².